The maximum Gasteiger partial charge on any atom is 0.220 e. The van der Waals surface area contributed by atoms with E-state index in [2.05, 4.69) is 12.2 Å². The lowest BCUT2D eigenvalue weighted by Crippen LogP contribution is -2.25. The maximum absolute atomic E-state index is 11.4. The molecule has 0 aliphatic rings. The number of unbranched alkanes of at least 4 members (excludes halogenated alkanes) is 1. The van der Waals surface area contributed by atoms with Crippen molar-refractivity contribution in [2.75, 3.05) is 0 Å². The molecule has 0 aliphatic carbocycles. The molecule has 0 bridgehead atoms. The number of carbonyl (C=O) groups is 1. The highest BCUT2D eigenvalue weighted by molar-refractivity contribution is 5.76. The Balaban J connectivity index is 2.41. The van der Waals surface area contributed by atoms with Crippen LogP contribution >= 0.6 is 0 Å². The molecule has 1 N–H and O–H groups in total. The summed E-state index contributed by atoms with van der Waals surface area (Å²) >= 11 is 0. The van der Waals surface area contributed by atoms with E-state index in [0.29, 0.717) is 6.42 Å². The largest absolute Gasteiger partial charge is 0.464 e. The van der Waals surface area contributed by atoms with E-state index in [1.165, 1.54) is 0 Å². The predicted molar refractivity (Wildman–Crippen MR) is 59.5 cm³/mol. The van der Waals surface area contributed by atoms with E-state index in [0.717, 1.165) is 24.4 Å². The Kier molecular flexibility index (Phi) is 4.40. The topological polar surface area (TPSA) is 42.2 Å². The van der Waals surface area contributed by atoms with E-state index in [4.69, 9.17) is 4.42 Å². The molecule has 1 rings (SSSR count). The molecule has 0 saturated heterocycles. The van der Waals surface area contributed by atoms with Gasteiger partial charge in [0.15, 0.2) is 0 Å². The summed E-state index contributed by atoms with van der Waals surface area (Å²) in [4.78, 5) is 11.4. The zero-order valence-corrected chi connectivity index (χ0v) is 9.67. The molecule has 1 amide bonds. The quantitative estimate of drug-likeness (QED) is 0.810. The fourth-order valence-corrected chi connectivity index (χ4v) is 1.41. The third-order valence-corrected chi connectivity index (χ3v) is 2.32. The van der Waals surface area contributed by atoms with Crippen LogP contribution in [0.15, 0.2) is 16.5 Å². The second-order valence-electron chi connectivity index (χ2n) is 3.84. The minimum Gasteiger partial charge on any atom is -0.464 e. The highest BCUT2D eigenvalue weighted by Crippen LogP contribution is 2.15. The Morgan fingerprint density at radius 1 is 1.53 bits per heavy atom. The van der Waals surface area contributed by atoms with Crippen LogP contribution in [0.1, 0.15) is 50.7 Å². The minimum atomic E-state index is -0.0388. The molecular formula is C12H19NO2. The van der Waals surface area contributed by atoms with Crippen molar-refractivity contribution in [2.24, 2.45) is 0 Å². The molecule has 1 heterocycles. The molecule has 0 spiro atoms. The van der Waals surface area contributed by atoms with Crippen molar-refractivity contribution in [1.82, 2.24) is 5.32 Å². The van der Waals surface area contributed by atoms with Crippen LogP contribution in [0.3, 0.4) is 0 Å². The Hall–Kier alpha value is -1.25. The van der Waals surface area contributed by atoms with Gasteiger partial charge in [0.05, 0.1) is 6.04 Å². The summed E-state index contributed by atoms with van der Waals surface area (Å²) in [5.41, 5.74) is 0. The van der Waals surface area contributed by atoms with Crippen molar-refractivity contribution in [2.45, 2.75) is 46.1 Å². The molecular weight excluding hydrogens is 190 g/mol. The van der Waals surface area contributed by atoms with Crippen LogP contribution in [-0.4, -0.2) is 5.91 Å². The first-order chi connectivity index (χ1) is 7.13. The summed E-state index contributed by atoms with van der Waals surface area (Å²) in [6, 6.07) is 3.77. The molecule has 1 aromatic heterocycles. The molecule has 3 heteroatoms. The van der Waals surface area contributed by atoms with E-state index in [1.807, 2.05) is 26.0 Å². The van der Waals surface area contributed by atoms with Gasteiger partial charge in [-0.2, -0.15) is 0 Å². The smallest absolute Gasteiger partial charge is 0.220 e. The van der Waals surface area contributed by atoms with Gasteiger partial charge in [0.1, 0.15) is 11.5 Å². The second kappa shape index (κ2) is 5.59. The first-order valence-corrected chi connectivity index (χ1v) is 5.49. The van der Waals surface area contributed by atoms with Gasteiger partial charge in [-0.3, -0.25) is 4.79 Å². The summed E-state index contributed by atoms with van der Waals surface area (Å²) in [6.07, 6.45) is 2.58. The molecule has 1 atom stereocenters. The third-order valence-electron chi connectivity index (χ3n) is 2.32. The van der Waals surface area contributed by atoms with E-state index >= 15 is 0 Å². The van der Waals surface area contributed by atoms with E-state index < -0.39 is 0 Å². The van der Waals surface area contributed by atoms with E-state index in [9.17, 15) is 4.79 Å². The Bertz CT molecular complexity index is 317. The van der Waals surface area contributed by atoms with Crippen LogP contribution in [0.25, 0.3) is 0 Å². The Morgan fingerprint density at radius 2 is 2.27 bits per heavy atom. The molecule has 84 valence electrons. The van der Waals surface area contributed by atoms with Crippen LogP contribution in [0.5, 0.6) is 0 Å². The lowest BCUT2D eigenvalue weighted by molar-refractivity contribution is -0.121. The van der Waals surface area contributed by atoms with Gasteiger partial charge in [-0.1, -0.05) is 13.3 Å². The van der Waals surface area contributed by atoms with Gasteiger partial charge < -0.3 is 9.73 Å². The van der Waals surface area contributed by atoms with Crippen molar-refractivity contribution >= 4 is 5.91 Å². The first kappa shape index (κ1) is 11.8. The number of furan rings is 1. The molecule has 1 unspecified atom stereocenters. The molecule has 0 radical (unpaired) electrons. The second-order valence-corrected chi connectivity index (χ2v) is 3.84. The maximum atomic E-state index is 11.4. The average molecular weight is 209 g/mol. The normalized spacial score (nSPS) is 12.5. The van der Waals surface area contributed by atoms with Gasteiger partial charge in [-0.05, 0) is 32.4 Å². The summed E-state index contributed by atoms with van der Waals surface area (Å²) in [7, 11) is 0. The number of rotatable bonds is 5. The van der Waals surface area contributed by atoms with E-state index in [1.54, 1.807) is 0 Å². The first-order valence-electron chi connectivity index (χ1n) is 5.49. The zero-order chi connectivity index (χ0) is 11.3. The standard InChI is InChI=1S/C12H19NO2/c1-4-5-6-12(14)13-10(3)11-8-7-9(2)15-11/h7-8,10H,4-6H2,1-3H3,(H,13,14). The van der Waals surface area contributed by atoms with Gasteiger partial charge in [0.2, 0.25) is 5.91 Å². The van der Waals surface area contributed by atoms with Gasteiger partial charge in [-0.15, -0.1) is 0 Å². The molecule has 0 fully saturated rings. The summed E-state index contributed by atoms with van der Waals surface area (Å²) in [6.45, 7) is 5.91. The molecule has 15 heavy (non-hydrogen) atoms. The molecule has 0 saturated carbocycles. The van der Waals surface area contributed by atoms with Crippen LogP contribution in [0, 0.1) is 6.92 Å². The molecule has 0 aliphatic heterocycles. The molecule has 1 aromatic rings. The number of carbonyl (C=O) groups excluding carboxylic acids is 1. The predicted octanol–water partition coefficient (Wildman–Crippen LogP) is 2.96. The van der Waals surface area contributed by atoms with Crippen molar-refractivity contribution in [3.05, 3.63) is 23.7 Å². The van der Waals surface area contributed by atoms with Crippen LogP contribution in [-0.2, 0) is 4.79 Å². The minimum absolute atomic E-state index is 0.0388. The van der Waals surface area contributed by atoms with Gasteiger partial charge in [0.25, 0.3) is 0 Å². The average Bonchev–Trinajstić information content (AvgIpc) is 2.61. The van der Waals surface area contributed by atoms with Crippen LogP contribution in [0.4, 0.5) is 0 Å². The lowest BCUT2D eigenvalue weighted by atomic mass is 10.2. The van der Waals surface area contributed by atoms with E-state index in [-0.39, 0.29) is 11.9 Å². The summed E-state index contributed by atoms with van der Waals surface area (Å²) in [5.74, 6) is 1.79. The Morgan fingerprint density at radius 3 is 2.80 bits per heavy atom. The molecule has 3 nitrogen and oxygen atoms in total. The van der Waals surface area contributed by atoms with Crippen molar-refractivity contribution in [1.29, 1.82) is 0 Å². The highest BCUT2D eigenvalue weighted by Gasteiger charge is 2.11. The van der Waals surface area contributed by atoms with Crippen molar-refractivity contribution in [3.8, 4) is 0 Å². The van der Waals surface area contributed by atoms with Crippen LogP contribution in [0.2, 0.25) is 0 Å². The SMILES string of the molecule is CCCCC(=O)NC(C)c1ccc(C)o1. The number of amides is 1. The third kappa shape index (κ3) is 3.78. The van der Waals surface area contributed by atoms with Crippen molar-refractivity contribution in [3.63, 3.8) is 0 Å². The fourth-order valence-electron chi connectivity index (χ4n) is 1.41. The summed E-state index contributed by atoms with van der Waals surface area (Å²) < 4.78 is 5.44. The number of hydrogen-bond donors (Lipinski definition) is 1. The number of nitrogens with one attached hydrogen (secondary N) is 1. The van der Waals surface area contributed by atoms with Gasteiger partial charge in [0, 0.05) is 6.42 Å². The number of hydrogen-bond acceptors (Lipinski definition) is 2. The zero-order valence-electron chi connectivity index (χ0n) is 9.67. The summed E-state index contributed by atoms with van der Waals surface area (Å²) in [5, 5.41) is 2.91. The van der Waals surface area contributed by atoms with Gasteiger partial charge >= 0.3 is 0 Å². The Labute approximate surface area is 90.9 Å². The van der Waals surface area contributed by atoms with Crippen LogP contribution < -0.4 is 5.32 Å². The molecule has 0 aromatic carbocycles. The lowest BCUT2D eigenvalue weighted by Gasteiger charge is -2.10. The number of aryl methyl sites for hydroxylation is 1. The monoisotopic (exact) mass is 209 g/mol. The van der Waals surface area contributed by atoms with Crippen molar-refractivity contribution < 1.29 is 9.21 Å². The fraction of sp³-hybridized carbons (Fsp3) is 0.583. The highest BCUT2D eigenvalue weighted by atomic mass is 16.3. The van der Waals surface area contributed by atoms with Gasteiger partial charge in [-0.25, -0.2) is 0 Å².